The van der Waals surface area contributed by atoms with E-state index >= 15 is 0 Å². The van der Waals surface area contributed by atoms with Gasteiger partial charge in [0.1, 0.15) is 16.1 Å². The molecule has 0 aliphatic carbocycles. The maximum Gasteiger partial charge on any atom is 0.264 e. The zero-order valence-electron chi connectivity index (χ0n) is 9.41. The molecule has 1 N–H and O–H groups in total. The fourth-order valence-corrected chi connectivity index (χ4v) is 2.60. The van der Waals surface area contributed by atoms with Gasteiger partial charge in [0, 0.05) is 0 Å². The minimum atomic E-state index is -3.89. The van der Waals surface area contributed by atoms with Crippen LogP contribution in [0.5, 0.6) is 0 Å². The van der Waals surface area contributed by atoms with Gasteiger partial charge in [0.15, 0.2) is 5.82 Å². The zero-order chi connectivity index (χ0) is 13.9. The standard InChI is InChI=1S/C11H7ClN4O2S/c12-10-6-15-11(7-14-10)16-19(17,18)9-4-2-1-3-8(9)5-13/h1-4,6-7H,(H,15,16). The van der Waals surface area contributed by atoms with E-state index < -0.39 is 10.0 Å². The molecule has 0 aliphatic heterocycles. The van der Waals surface area contributed by atoms with Gasteiger partial charge in [-0.2, -0.15) is 5.26 Å². The number of hydrogen-bond donors (Lipinski definition) is 1. The van der Waals surface area contributed by atoms with Crippen molar-refractivity contribution in [3.05, 3.63) is 47.4 Å². The third-order valence-corrected chi connectivity index (χ3v) is 3.76. The number of sulfonamides is 1. The number of benzene rings is 1. The molecule has 0 saturated carbocycles. The number of nitriles is 1. The fourth-order valence-electron chi connectivity index (χ4n) is 1.35. The molecule has 2 aromatic rings. The van der Waals surface area contributed by atoms with Gasteiger partial charge in [-0.15, -0.1) is 0 Å². The van der Waals surface area contributed by atoms with E-state index in [0.29, 0.717) is 0 Å². The first-order valence-corrected chi connectivity index (χ1v) is 6.88. The van der Waals surface area contributed by atoms with Crippen molar-refractivity contribution < 1.29 is 8.42 Å². The fraction of sp³-hybridized carbons (Fsp3) is 0. The lowest BCUT2D eigenvalue weighted by Crippen LogP contribution is -2.15. The normalized spacial score (nSPS) is 10.7. The lowest BCUT2D eigenvalue weighted by atomic mass is 10.2. The van der Waals surface area contributed by atoms with Gasteiger partial charge in [-0.05, 0) is 12.1 Å². The molecule has 0 spiro atoms. The zero-order valence-corrected chi connectivity index (χ0v) is 11.0. The summed E-state index contributed by atoms with van der Waals surface area (Å²) in [6.45, 7) is 0. The van der Waals surface area contributed by atoms with Crippen LogP contribution in [0.2, 0.25) is 5.15 Å². The molecule has 19 heavy (non-hydrogen) atoms. The Morgan fingerprint density at radius 1 is 1.21 bits per heavy atom. The number of nitrogens with one attached hydrogen (secondary N) is 1. The van der Waals surface area contributed by atoms with Crippen molar-refractivity contribution in [2.75, 3.05) is 4.72 Å². The highest BCUT2D eigenvalue weighted by Crippen LogP contribution is 2.17. The van der Waals surface area contributed by atoms with Crippen molar-refractivity contribution in [1.82, 2.24) is 9.97 Å². The smallest absolute Gasteiger partial charge is 0.262 e. The van der Waals surface area contributed by atoms with E-state index in [1.165, 1.54) is 30.6 Å². The molecule has 0 radical (unpaired) electrons. The van der Waals surface area contributed by atoms with Crippen LogP contribution in [0.3, 0.4) is 0 Å². The molecular formula is C11H7ClN4O2S. The molecule has 1 aromatic heterocycles. The molecule has 1 aromatic carbocycles. The Hall–Kier alpha value is -2.17. The summed E-state index contributed by atoms with van der Waals surface area (Å²) in [6.07, 6.45) is 2.41. The number of halogens is 1. The van der Waals surface area contributed by atoms with Gasteiger partial charge in [-0.1, -0.05) is 23.7 Å². The summed E-state index contributed by atoms with van der Waals surface area (Å²) >= 11 is 5.55. The summed E-state index contributed by atoms with van der Waals surface area (Å²) in [6, 6.07) is 7.69. The van der Waals surface area contributed by atoms with E-state index in [2.05, 4.69) is 14.7 Å². The molecule has 0 atom stereocenters. The van der Waals surface area contributed by atoms with E-state index in [1.807, 2.05) is 6.07 Å². The van der Waals surface area contributed by atoms with Gasteiger partial charge >= 0.3 is 0 Å². The first-order valence-electron chi connectivity index (χ1n) is 5.02. The molecule has 0 saturated heterocycles. The number of aromatic nitrogens is 2. The summed E-state index contributed by atoms with van der Waals surface area (Å²) in [5.41, 5.74) is 0.0527. The molecule has 96 valence electrons. The Morgan fingerprint density at radius 3 is 2.58 bits per heavy atom. The van der Waals surface area contributed by atoms with Crippen molar-refractivity contribution in [3.63, 3.8) is 0 Å². The minimum absolute atomic E-state index is 0.0251. The first kappa shape index (κ1) is 13.3. The Morgan fingerprint density at radius 2 is 1.95 bits per heavy atom. The Kier molecular flexibility index (Phi) is 3.64. The first-order chi connectivity index (χ1) is 9.03. The van der Waals surface area contributed by atoms with Crippen LogP contribution in [-0.2, 0) is 10.0 Å². The van der Waals surface area contributed by atoms with Gasteiger partial charge < -0.3 is 0 Å². The molecule has 0 unspecified atom stereocenters. The van der Waals surface area contributed by atoms with E-state index in [1.54, 1.807) is 6.07 Å². The minimum Gasteiger partial charge on any atom is -0.262 e. The van der Waals surface area contributed by atoms with Crippen molar-refractivity contribution in [3.8, 4) is 6.07 Å². The van der Waals surface area contributed by atoms with Crippen LogP contribution in [0.4, 0.5) is 5.82 Å². The third-order valence-electron chi connectivity index (χ3n) is 2.16. The number of nitrogens with zero attached hydrogens (tertiary/aromatic N) is 3. The van der Waals surface area contributed by atoms with E-state index in [0.717, 1.165) is 0 Å². The highest BCUT2D eigenvalue weighted by molar-refractivity contribution is 7.92. The number of rotatable bonds is 3. The molecule has 2 rings (SSSR count). The van der Waals surface area contributed by atoms with Gasteiger partial charge in [0.05, 0.1) is 18.0 Å². The lowest BCUT2D eigenvalue weighted by molar-refractivity contribution is 0.600. The lowest BCUT2D eigenvalue weighted by Gasteiger charge is -2.07. The van der Waals surface area contributed by atoms with Crippen LogP contribution in [-0.4, -0.2) is 18.4 Å². The summed E-state index contributed by atoms with van der Waals surface area (Å²) in [5, 5.41) is 9.05. The second-order valence-corrected chi connectivity index (χ2v) is 5.48. The molecule has 6 nitrogen and oxygen atoms in total. The highest BCUT2D eigenvalue weighted by atomic mass is 35.5. The Labute approximate surface area is 114 Å². The van der Waals surface area contributed by atoms with Crippen LogP contribution < -0.4 is 4.72 Å². The Bertz CT molecular complexity index is 738. The van der Waals surface area contributed by atoms with Crippen molar-refractivity contribution in [1.29, 1.82) is 5.26 Å². The molecule has 0 bridgehead atoms. The largest absolute Gasteiger partial charge is 0.264 e. The predicted molar refractivity (Wildman–Crippen MR) is 69.0 cm³/mol. The van der Waals surface area contributed by atoms with E-state index in [4.69, 9.17) is 16.9 Å². The van der Waals surface area contributed by atoms with E-state index in [9.17, 15) is 8.42 Å². The number of hydrogen-bond acceptors (Lipinski definition) is 5. The van der Waals surface area contributed by atoms with Crippen molar-refractivity contribution in [2.45, 2.75) is 4.90 Å². The molecule has 0 amide bonds. The van der Waals surface area contributed by atoms with Crippen LogP contribution in [0.1, 0.15) is 5.56 Å². The summed E-state index contributed by atoms with van der Waals surface area (Å²) in [5.74, 6) is 0.0251. The maximum absolute atomic E-state index is 12.1. The average molecular weight is 295 g/mol. The van der Waals surface area contributed by atoms with Gasteiger partial charge in [-0.25, -0.2) is 18.4 Å². The predicted octanol–water partition coefficient (Wildman–Crippen LogP) is 1.80. The van der Waals surface area contributed by atoms with Crippen molar-refractivity contribution in [2.24, 2.45) is 0 Å². The topological polar surface area (TPSA) is 95.7 Å². The van der Waals surface area contributed by atoms with Crippen LogP contribution in [0.25, 0.3) is 0 Å². The summed E-state index contributed by atoms with van der Waals surface area (Å²) in [4.78, 5) is 7.37. The summed E-state index contributed by atoms with van der Waals surface area (Å²) < 4.78 is 26.4. The Balaban J connectivity index is 2.38. The van der Waals surface area contributed by atoms with Crippen LogP contribution in [0.15, 0.2) is 41.6 Å². The molecular weight excluding hydrogens is 288 g/mol. The molecule has 0 fully saturated rings. The van der Waals surface area contributed by atoms with Crippen LogP contribution >= 0.6 is 11.6 Å². The maximum atomic E-state index is 12.1. The summed E-state index contributed by atoms with van der Waals surface area (Å²) in [7, 11) is -3.89. The molecule has 1 heterocycles. The highest BCUT2D eigenvalue weighted by Gasteiger charge is 2.18. The SMILES string of the molecule is N#Cc1ccccc1S(=O)(=O)Nc1cnc(Cl)cn1. The monoisotopic (exact) mass is 294 g/mol. The van der Waals surface area contributed by atoms with E-state index in [-0.39, 0.29) is 21.4 Å². The van der Waals surface area contributed by atoms with Crippen LogP contribution in [0, 0.1) is 11.3 Å². The second-order valence-electron chi connectivity index (χ2n) is 3.44. The van der Waals surface area contributed by atoms with Gasteiger partial charge in [0.25, 0.3) is 10.0 Å². The quantitative estimate of drug-likeness (QED) is 0.931. The third kappa shape index (κ3) is 2.99. The second kappa shape index (κ2) is 5.22. The van der Waals surface area contributed by atoms with Crippen molar-refractivity contribution >= 4 is 27.4 Å². The number of anilines is 1. The van der Waals surface area contributed by atoms with Gasteiger partial charge in [-0.3, -0.25) is 4.72 Å². The average Bonchev–Trinajstić information content (AvgIpc) is 2.41. The van der Waals surface area contributed by atoms with Gasteiger partial charge in [0.2, 0.25) is 0 Å². The molecule has 0 aliphatic rings. The molecule has 8 heteroatoms.